The number of piperidine rings is 2. The fourth-order valence-electron chi connectivity index (χ4n) is 8.71. The van der Waals surface area contributed by atoms with Crippen LogP contribution in [0.5, 0.6) is 0 Å². The van der Waals surface area contributed by atoms with E-state index in [-0.39, 0.29) is 22.5 Å². The Morgan fingerprint density at radius 1 is 1.09 bits per heavy atom. The smallest absolute Gasteiger partial charge is 0.410 e. The standard InChI is InChI=1S/C29H39N3O3/c1-3-35-26(34)32-24-9-8-21-16-22(17-29(21,24)32)30-14-12-28(13-15-30)19-31(25(33)27(2)10-11-27)18-20-6-4-5-7-23(20)28/h4-7,21-22,24H,3,8-19H2,1-2H3/t21?,22?,24?,29-,32?/m1/s1. The third-order valence-electron chi connectivity index (χ3n) is 10.9. The summed E-state index contributed by atoms with van der Waals surface area (Å²) in [4.78, 5) is 32.9. The zero-order valence-electron chi connectivity index (χ0n) is 21.3. The topological polar surface area (TPSA) is 52.9 Å². The van der Waals surface area contributed by atoms with Crippen LogP contribution < -0.4 is 0 Å². The van der Waals surface area contributed by atoms with E-state index in [2.05, 4.69) is 45.9 Å². The zero-order valence-corrected chi connectivity index (χ0v) is 21.3. The molecule has 3 unspecified atom stereocenters. The van der Waals surface area contributed by atoms with Gasteiger partial charge in [0.15, 0.2) is 0 Å². The highest BCUT2D eigenvalue weighted by Crippen LogP contribution is 2.65. The number of rotatable bonds is 3. The van der Waals surface area contributed by atoms with Crippen LogP contribution in [0, 0.1) is 11.3 Å². The molecule has 6 heteroatoms. The van der Waals surface area contributed by atoms with Crippen LogP contribution in [-0.2, 0) is 21.5 Å². The van der Waals surface area contributed by atoms with E-state index in [1.54, 1.807) is 0 Å². The van der Waals surface area contributed by atoms with Crippen molar-refractivity contribution in [2.75, 3.05) is 26.2 Å². The minimum Gasteiger partial charge on any atom is -0.450 e. The summed E-state index contributed by atoms with van der Waals surface area (Å²) in [6.45, 7) is 8.33. The molecule has 2 saturated heterocycles. The highest BCUT2D eigenvalue weighted by atomic mass is 16.6. The van der Waals surface area contributed by atoms with Gasteiger partial charge in [-0.2, -0.15) is 0 Å². The number of fused-ring (bicyclic) bond motifs is 2. The monoisotopic (exact) mass is 477 g/mol. The lowest BCUT2D eigenvalue weighted by molar-refractivity contribution is -0.139. The van der Waals surface area contributed by atoms with Crippen LogP contribution in [0.4, 0.5) is 4.79 Å². The van der Waals surface area contributed by atoms with Crippen molar-refractivity contribution in [1.29, 1.82) is 0 Å². The molecule has 3 saturated carbocycles. The van der Waals surface area contributed by atoms with Gasteiger partial charge < -0.3 is 14.5 Å². The molecule has 0 bridgehead atoms. The zero-order chi connectivity index (χ0) is 24.0. The number of benzene rings is 1. The van der Waals surface area contributed by atoms with E-state index in [0.717, 1.165) is 64.7 Å². The summed E-state index contributed by atoms with van der Waals surface area (Å²) >= 11 is 0. The second-order valence-electron chi connectivity index (χ2n) is 12.6. The Bertz CT molecular complexity index is 1060. The lowest BCUT2D eigenvalue weighted by atomic mass is 9.68. The molecular formula is C29H39N3O3. The Hall–Kier alpha value is -2.08. The molecule has 188 valence electrons. The Labute approximate surface area is 209 Å². The van der Waals surface area contributed by atoms with Crippen molar-refractivity contribution in [1.82, 2.24) is 14.7 Å². The van der Waals surface area contributed by atoms with E-state index in [1.807, 2.05) is 6.92 Å². The molecular weight excluding hydrogens is 438 g/mol. The van der Waals surface area contributed by atoms with Crippen LogP contribution in [0.15, 0.2) is 24.3 Å². The van der Waals surface area contributed by atoms with E-state index < -0.39 is 0 Å². The van der Waals surface area contributed by atoms with Crippen molar-refractivity contribution in [2.24, 2.45) is 11.3 Å². The maximum absolute atomic E-state index is 13.3. The van der Waals surface area contributed by atoms with Crippen molar-refractivity contribution >= 4 is 12.0 Å². The quantitative estimate of drug-likeness (QED) is 0.609. The van der Waals surface area contributed by atoms with Crippen molar-refractivity contribution in [3.63, 3.8) is 0 Å². The van der Waals surface area contributed by atoms with Crippen LogP contribution in [0.3, 0.4) is 0 Å². The molecule has 6 aliphatic rings. The first kappa shape index (κ1) is 22.1. The SMILES string of the molecule is CCOC(=O)N1C2CCC3CC(N4CCC5(CC4)CN(C(=O)C4(C)CC4)Cc4ccccc45)C[C@@]321. The normalized spacial score (nSPS) is 35.9. The third-order valence-corrected chi connectivity index (χ3v) is 10.9. The van der Waals surface area contributed by atoms with Crippen LogP contribution in [0.1, 0.15) is 76.3 Å². The molecule has 35 heavy (non-hydrogen) atoms. The number of carbonyl (C=O) groups is 2. The molecule has 4 atom stereocenters. The molecule has 3 heterocycles. The highest BCUT2D eigenvalue weighted by Gasteiger charge is 2.75. The van der Waals surface area contributed by atoms with Crippen molar-refractivity contribution < 1.29 is 14.3 Å². The Kier molecular flexibility index (Phi) is 4.73. The molecule has 2 amide bonds. The van der Waals surface area contributed by atoms with Gasteiger partial charge in [0, 0.05) is 30.0 Å². The first-order valence-corrected chi connectivity index (χ1v) is 14.0. The summed E-state index contributed by atoms with van der Waals surface area (Å²) in [5, 5.41) is 0. The fourth-order valence-corrected chi connectivity index (χ4v) is 8.71. The number of hydrogen-bond acceptors (Lipinski definition) is 4. The lowest BCUT2D eigenvalue weighted by Gasteiger charge is -2.50. The summed E-state index contributed by atoms with van der Waals surface area (Å²) in [5.41, 5.74) is 2.90. The molecule has 2 spiro atoms. The Morgan fingerprint density at radius 3 is 2.60 bits per heavy atom. The van der Waals surface area contributed by atoms with Crippen molar-refractivity contribution in [2.45, 2.75) is 94.8 Å². The Balaban J connectivity index is 1.07. The van der Waals surface area contributed by atoms with Gasteiger partial charge in [0.05, 0.1) is 18.2 Å². The van der Waals surface area contributed by atoms with Crippen molar-refractivity contribution in [3.05, 3.63) is 35.4 Å². The van der Waals surface area contributed by atoms with Gasteiger partial charge in [-0.15, -0.1) is 0 Å². The Morgan fingerprint density at radius 2 is 1.86 bits per heavy atom. The highest BCUT2D eigenvalue weighted by molar-refractivity contribution is 5.85. The molecule has 0 radical (unpaired) electrons. The van der Waals surface area contributed by atoms with Gasteiger partial charge in [-0.3, -0.25) is 9.69 Å². The van der Waals surface area contributed by atoms with Crippen LogP contribution in [-0.4, -0.2) is 70.6 Å². The second kappa shape index (κ2) is 7.47. The van der Waals surface area contributed by atoms with E-state index in [0.29, 0.717) is 30.5 Å². The summed E-state index contributed by atoms with van der Waals surface area (Å²) in [7, 11) is 0. The summed E-state index contributed by atoms with van der Waals surface area (Å²) in [6.07, 6.45) is 8.98. The molecule has 7 rings (SSSR count). The largest absolute Gasteiger partial charge is 0.450 e. The maximum atomic E-state index is 13.3. The van der Waals surface area contributed by atoms with Crippen LogP contribution in [0.2, 0.25) is 0 Å². The van der Waals surface area contributed by atoms with Gasteiger partial charge >= 0.3 is 6.09 Å². The van der Waals surface area contributed by atoms with Gasteiger partial charge in [0.2, 0.25) is 5.91 Å². The molecule has 5 fully saturated rings. The van der Waals surface area contributed by atoms with E-state index >= 15 is 0 Å². The maximum Gasteiger partial charge on any atom is 0.410 e. The van der Waals surface area contributed by atoms with E-state index in [4.69, 9.17) is 4.74 Å². The average molecular weight is 478 g/mol. The molecule has 0 aromatic heterocycles. The second-order valence-corrected chi connectivity index (χ2v) is 12.6. The number of ether oxygens (including phenoxy) is 1. The predicted molar refractivity (Wildman–Crippen MR) is 133 cm³/mol. The van der Waals surface area contributed by atoms with Gasteiger partial charge in [0.1, 0.15) is 0 Å². The van der Waals surface area contributed by atoms with E-state index in [1.165, 1.54) is 24.0 Å². The minimum absolute atomic E-state index is 0.0814. The van der Waals surface area contributed by atoms with Gasteiger partial charge in [-0.05, 0) is 88.4 Å². The lowest BCUT2D eigenvalue weighted by Crippen LogP contribution is -2.55. The van der Waals surface area contributed by atoms with Crippen LogP contribution in [0.25, 0.3) is 0 Å². The molecule has 1 aromatic carbocycles. The first-order valence-electron chi connectivity index (χ1n) is 14.0. The molecule has 1 aromatic rings. The molecule has 0 N–H and O–H groups in total. The number of carbonyl (C=O) groups excluding carboxylic acids is 2. The van der Waals surface area contributed by atoms with E-state index in [9.17, 15) is 9.59 Å². The molecule has 3 aliphatic carbocycles. The number of amides is 2. The third kappa shape index (κ3) is 3.11. The first-order chi connectivity index (χ1) is 16.9. The number of hydrogen-bond donors (Lipinski definition) is 0. The average Bonchev–Trinajstić information content (AvgIpc) is 3.65. The minimum atomic E-state index is -0.110. The van der Waals surface area contributed by atoms with Gasteiger partial charge in [-0.25, -0.2) is 4.79 Å². The number of likely N-dealkylation sites (tertiary alicyclic amines) is 2. The fraction of sp³-hybridized carbons (Fsp3) is 0.724. The summed E-state index contributed by atoms with van der Waals surface area (Å²) < 4.78 is 5.39. The predicted octanol–water partition coefficient (Wildman–Crippen LogP) is 4.31. The van der Waals surface area contributed by atoms with Gasteiger partial charge in [0.25, 0.3) is 0 Å². The van der Waals surface area contributed by atoms with Crippen LogP contribution >= 0.6 is 0 Å². The molecule has 3 aliphatic heterocycles. The summed E-state index contributed by atoms with van der Waals surface area (Å²) in [5.74, 6) is 1.01. The summed E-state index contributed by atoms with van der Waals surface area (Å²) in [6, 6.07) is 9.87. The van der Waals surface area contributed by atoms with Crippen molar-refractivity contribution in [3.8, 4) is 0 Å². The molecule has 6 nitrogen and oxygen atoms in total. The van der Waals surface area contributed by atoms with Gasteiger partial charge in [-0.1, -0.05) is 31.2 Å². The number of nitrogens with zero attached hydrogens (tertiary/aromatic N) is 3.